The van der Waals surface area contributed by atoms with Crippen molar-refractivity contribution in [1.82, 2.24) is 4.31 Å². The van der Waals surface area contributed by atoms with Crippen molar-refractivity contribution in [2.75, 3.05) is 6.54 Å². The molecule has 0 aromatic carbocycles. The van der Waals surface area contributed by atoms with Crippen LogP contribution in [0.2, 0.25) is 0 Å². The Kier molecular flexibility index (Phi) is 2.96. The minimum atomic E-state index is -3.16. The van der Waals surface area contributed by atoms with Crippen LogP contribution in [0.4, 0.5) is 0 Å². The number of nitrogens with two attached hydrogens (primary N) is 1. The lowest BCUT2D eigenvalue weighted by Gasteiger charge is -2.31. The lowest BCUT2D eigenvalue weighted by atomic mass is 10.0. The number of rotatable bonds is 2. The highest BCUT2D eigenvalue weighted by Gasteiger charge is 2.44. The van der Waals surface area contributed by atoms with Crippen LogP contribution in [0.5, 0.6) is 0 Å². The van der Waals surface area contributed by atoms with E-state index in [0.29, 0.717) is 6.54 Å². The van der Waals surface area contributed by atoms with Gasteiger partial charge in [0, 0.05) is 18.1 Å². The van der Waals surface area contributed by atoms with E-state index in [0.717, 1.165) is 6.42 Å². The van der Waals surface area contributed by atoms with Crippen LogP contribution in [0.25, 0.3) is 0 Å². The Morgan fingerprint density at radius 1 is 1.43 bits per heavy atom. The van der Waals surface area contributed by atoms with Gasteiger partial charge < -0.3 is 5.73 Å². The first kappa shape index (κ1) is 11.9. The van der Waals surface area contributed by atoms with Crippen LogP contribution in [0.3, 0.4) is 0 Å². The molecule has 0 amide bonds. The van der Waals surface area contributed by atoms with E-state index in [4.69, 9.17) is 5.73 Å². The summed E-state index contributed by atoms with van der Waals surface area (Å²) >= 11 is 0. The molecule has 1 unspecified atom stereocenters. The van der Waals surface area contributed by atoms with E-state index in [1.54, 1.807) is 18.2 Å². The predicted molar refractivity (Wildman–Crippen MR) is 57.4 cm³/mol. The molecule has 84 valence electrons. The van der Waals surface area contributed by atoms with Crippen molar-refractivity contribution >= 4 is 10.0 Å². The van der Waals surface area contributed by atoms with Gasteiger partial charge in [0.25, 0.3) is 0 Å². The average Bonchev–Trinajstić information content (AvgIpc) is 2.24. The van der Waals surface area contributed by atoms with Gasteiger partial charge in [0.1, 0.15) is 0 Å². The molecule has 5 heteroatoms. The Balaban J connectivity index is 3.00. The quantitative estimate of drug-likeness (QED) is 0.738. The third-order valence-corrected chi connectivity index (χ3v) is 5.19. The van der Waals surface area contributed by atoms with Crippen LogP contribution < -0.4 is 5.73 Å². The van der Waals surface area contributed by atoms with E-state index in [1.165, 1.54) is 0 Å². The molecule has 1 atom stereocenters. The molecule has 0 bridgehead atoms. The van der Waals surface area contributed by atoms with Crippen LogP contribution in [0.15, 0.2) is 0 Å². The largest absolute Gasteiger partial charge is 0.326 e. The highest BCUT2D eigenvalue weighted by molar-refractivity contribution is 7.89. The summed E-state index contributed by atoms with van der Waals surface area (Å²) in [6, 6.07) is -0.0291. The lowest BCUT2D eigenvalue weighted by molar-refractivity contribution is 0.289. The second kappa shape index (κ2) is 3.47. The van der Waals surface area contributed by atoms with Gasteiger partial charge in [-0.05, 0) is 34.1 Å². The lowest BCUT2D eigenvalue weighted by Crippen LogP contribution is -2.45. The summed E-state index contributed by atoms with van der Waals surface area (Å²) in [5.41, 5.74) is 5.46. The fourth-order valence-electron chi connectivity index (χ4n) is 1.97. The fourth-order valence-corrected chi connectivity index (χ4v) is 3.64. The molecule has 4 nitrogen and oxygen atoms in total. The summed E-state index contributed by atoms with van der Waals surface area (Å²) in [6.07, 6.45) is 0.735. The molecule has 1 aliphatic heterocycles. The Hall–Kier alpha value is -0.130. The maximum Gasteiger partial charge on any atom is 0.216 e. The number of nitrogens with zero attached hydrogens (tertiary/aromatic N) is 1. The van der Waals surface area contributed by atoms with E-state index in [2.05, 4.69) is 0 Å². The first-order valence-corrected chi connectivity index (χ1v) is 6.45. The minimum Gasteiger partial charge on any atom is -0.326 e. The van der Waals surface area contributed by atoms with Gasteiger partial charge in [0.05, 0.1) is 5.25 Å². The molecule has 0 aromatic rings. The molecule has 1 rings (SSSR count). The number of sulfonamides is 1. The molecule has 0 radical (unpaired) electrons. The number of hydrogen-bond donors (Lipinski definition) is 1. The second-order valence-corrected chi connectivity index (χ2v) is 7.31. The minimum absolute atomic E-state index is 0.0291. The molecule has 0 aliphatic carbocycles. The van der Waals surface area contributed by atoms with Crippen LogP contribution in [0, 0.1) is 0 Å². The average molecular weight is 220 g/mol. The van der Waals surface area contributed by atoms with Gasteiger partial charge >= 0.3 is 0 Å². The van der Waals surface area contributed by atoms with Crippen LogP contribution in [-0.4, -0.2) is 36.1 Å². The van der Waals surface area contributed by atoms with Gasteiger partial charge in [-0.25, -0.2) is 8.42 Å². The maximum absolute atomic E-state index is 12.0. The highest BCUT2D eigenvalue weighted by Crippen LogP contribution is 2.31. The summed E-state index contributed by atoms with van der Waals surface area (Å²) in [7, 11) is -3.16. The number of hydrogen-bond acceptors (Lipinski definition) is 3. The monoisotopic (exact) mass is 220 g/mol. The smallest absolute Gasteiger partial charge is 0.216 e. The maximum atomic E-state index is 12.0. The Bertz CT molecular complexity index is 309. The van der Waals surface area contributed by atoms with Crippen molar-refractivity contribution in [2.24, 2.45) is 5.73 Å². The van der Waals surface area contributed by atoms with Crippen molar-refractivity contribution in [1.29, 1.82) is 0 Å². The van der Waals surface area contributed by atoms with Gasteiger partial charge in [-0.2, -0.15) is 4.31 Å². The topological polar surface area (TPSA) is 63.4 Å². The SMILES string of the molecule is CC(C)S(=O)(=O)N1CC(N)CC1(C)C. The van der Waals surface area contributed by atoms with E-state index in [9.17, 15) is 8.42 Å². The first-order chi connectivity index (χ1) is 6.18. The third-order valence-electron chi connectivity index (χ3n) is 2.74. The van der Waals surface area contributed by atoms with Gasteiger partial charge in [-0.1, -0.05) is 0 Å². The Morgan fingerprint density at radius 3 is 2.21 bits per heavy atom. The standard InChI is InChI=1S/C9H20N2O2S/c1-7(2)14(12,13)11-6-8(10)5-9(11,3)4/h7-8H,5-6,10H2,1-4H3. The molecule has 1 saturated heterocycles. The predicted octanol–water partition coefficient (Wildman–Crippen LogP) is 0.536. The van der Waals surface area contributed by atoms with E-state index in [-0.39, 0.29) is 16.8 Å². The van der Waals surface area contributed by atoms with E-state index >= 15 is 0 Å². The van der Waals surface area contributed by atoms with Gasteiger partial charge in [0.15, 0.2) is 0 Å². The van der Waals surface area contributed by atoms with E-state index < -0.39 is 10.0 Å². The summed E-state index contributed by atoms with van der Waals surface area (Å²) < 4.78 is 25.5. The molecule has 0 aromatic heterocycles. The van der Waals surface area contributed by atoms with Gasteiger partial charge in [-0.15, -0.1) is 0 Å². The van der Waals surface area contributed by atoms with Gasteiger partial charge in [-0.3, -0.25) is 0 Å². The highest BCUT2D eigenvalue weighted by atomic mass is 32.2. The van der Waals surface area contributed by atoms with Crippen molar-refractivity contribution < 1.29 is 8.42 Å². The fraction of sp³-hybridized carbons (Fsp3) is 1.00. The molecule has 1 fully saturated rings. The zero-order valence-corrected chi connectivity index (χ0v) is 10.1. The normalized spacial score (nSPS) is 28.6. The molecule has 1 heterocycles. The van der Waals surface area contributed by atoms with Crippen molar-refractivity contribution in [3.8, 4) is 0 Å². The van der Waals surface area contributed by atoms with Crippen molar-refractivity contribution in [3.05, 3.63) is 0 Å². The summed E-state index contributed by atoms with van der Waals surface area (Å²) in [6.45, 7) is 7.72. The van der Waals surface area contributed by atoms with Crippen LogP contribution >= 0.6 is 0 Å². The molecular weight excluding hydrogens is 200 g/mol. The third kappa shape index (κ3) is 1.94. The summed E-state index contributed by atoms with van der Waals surface area (Å²) in [5.74, 6) is 0. The Labute approximate surface area is 86.5 Å². The summed E-state index contributed by atoms with van der Waals surface area (Å²) in [5, 5.41) is -0.368. The second-order valence-electron chi connectivity index (χ2n) is 4.90. The molecule has 0 saturated carbocycles. The molecule has 2 N–H and O–H groups in total. The van der Waals surface area contributed by atoms with Crippen molar-refractivity contribution in [2.45, 2.75) is 50.9 Å². The molecule has 14 heavy (non-hydrogen) atoms. The van der Waals surface area contributed by atoms with Crippen LogP contribution in [-0.2, 0) is 10.0 Å². The van der Waals surface area contributed by atoms with Gasteiger partial charge in [0.2, 0.25) is 10.0 Å². The zero-order valence-electron chi connectivity index (χ0n) is 9.32. The van der Waals surface area contributed by atoms with Crippen molar-refractivity contribution in [3.63, 3.8) is 0 Å². The zero-order chi connectivity index (χ0) is 11.1. The van der Waals surface area contributed by atoms with Crippen LogP contribution in [0.1, 0.15) is 34.1 Å². The Morgan fingerprint density at radius 2 is 1.93 bits per heavy atom. The molecule has 0 spiro atoms. The first-order valence-electron chi connectivity index (χ1n) is 4.95. The van der Waals surface area contributed by atoms with E-state index in [1.807, 2.05) is 13.8 Å². The molecule has 1 aliphatic rings. The summed E-state index contributed by atoms with van der Waals surface area (Å²) in [4.78, 5) is 0. The molecular formula is C9H20N2O2S.